The van der Waals surface area contributed by atoms with E-state index in [1.807, 2.05) is 0 Å². The van der Waals surface area contributed by atoms with E-state index in [1.54, 1.807) is 17.7 Å². The number of hydrogen-bond donors (Lipinski definition) is 1. The Labute approximate surface area is 176 Å². The highest BCUT2D eigenvalue weighted by atomic mass is 32.1. The van der Waals surface area contributed by atoms with E-state index in [1.165, 1.54) is 35.8 Å². The number of thiophene rings is 1. The van der Waals surface area contributed by atoms with Crippen LogP contribution in [-0.4, -0.2) is 58.8 Å². The highest BCUT2D eigenvalue weighted by Gasteiger charge is 2.29. The molecule has 6 heteroatoms. The zero-order valence-electron chi connectivity index (χ0n) is 16.7. The number of fused-ring (bicyclic) bond motifs is 1. The molecule has 0 aliphatic carbocycles. The Balaban J connectivity index is 1.34. The molecule has 1 aromatic carbocycles. The summed E-state index contributed by atoms with van der Waals surface area (Å²) >= 11 is 1.70. The molecule has 2 aliphatic rings. The molecule has 5 nitrogen and oxygen atoms in total. The molecule has 0 radical (unpaired) electrons. The van der Waals surface area contributed by atoms with Crippen LogP contribution in [-0.2, 0) is 0 Å². The molecule has 152 valence electrons. The van der Waals surface area contributed by atoms with E-state index in [0.29, 0.717) is 18.6 Å². The first-order chi connectivity index (χ1) is 14.3. The van der Waals surface area contributed by atoms with E-state index in [2.05, 4.69) is 50.5 Å². The van der Waals surface area contributed by atoms with Crippen LogP contribution < -0.4 is 4.90 Å². The van der Waals surface area contributed by atoms with Gasteiger partial charge in [0.2, 0.25) is 0 Å². The number of nitrogens with zero attached hydrogens (tertiary/aromatic N) is 4. The van der Waals surface area contributed by atoms with Crippen molar-refractivity contribution in [3.05, 3.63) is 42.0 Å². The van der Waals surface area contributed by atoms with Gasteiger partial charge in [0.1, 0.15) is 17.0 Å². The van der Waals surface area contributed by atoms with Crippen molar-refractivity contribution in [1.29, 1.82) is 0 Å². The Hall–Kier alpha value is -2.02. The summed E-state index contributed by atoms with van der Waals surface area (Å²) in [5.74, 6) is 1.80. The summed E-state index contributed by atoms with van der Waals surface area (Å²) < 4.78 is 0. The first-order valence-corrected chi connectivity index (χ1v) is 11.6. The van der Waals surface area contributed by atoms with Gasteiger partial charge in [-0.15, -0.1) is 11.3 Å². The number of aliphatic hydroxyl groups is 1. The van der Waals surface area contributed by atoms with Crippen LogP contribution in [0, 0.1) is 5.92 Å². The van der Waals surface area contributed by atoms with E-state index >= 15 is 0 Å². The minimum Gasteiger partial charge on any atom is -0.395 e. The predicted octanol–water partition coefficient (Wildman–Crippen LogP) is 4.03. The molecular weight excluding hydrogens is 380 g/mol. The maximum Gasteiger partial charge on any atom is 0.141 e. The van der Waals surface area contributed by atoms with Crippen LogP contribution in [0.4, 0.5) is 5.82 Å². The highest BCUT2D eigenvalue weighted by molar-refractivity contribution is 7.17. The third-order valence-corrected chi connectivity index (χ3v) is 7.44. The SMILES string of the molecule is OCC1CCCN1CC1CCN(c2ncnc3scc(-c4ccccc4)c23)CC1. The Morgan fingerprint density at radius 2 is 1.86 bits per heavy atom. The first kappa shape index (κ1) is 19.0. The standard InChI is InChI=1S/C23H28N4OS/c28-14-19-7-4-10-27(19)13-17-8-11-26(12-9-17)22-21-20(18-5-2-1-3-6-18)15-29-23(21)25-16-24-22/h1-3,5-6,15-17,19,28H,4,7-14H2. The molecule has 29 heavy (non-hydrogen) atoms. The summed E-state index contributed by atoms with van der Waals surface area (Å²) in [6, 6.07) is 10.9. The minimum atomic E-state index is 0.304. The monoisotopic (exact) mass is 408 g/mol. The average Bonchev–Trinajstić information content (AvgIpc) is 3.41. The number of hydrogen-bond acceptors (Lipinski definition) is 6. The second-order valence-electron chi connectivity index (χ2n) is 8.30. The van der Waals surface area contributed by atoms with E-state index in [-0.39, 0.29) is 0 Å². The number of aliphatic hydroxyl groups excluding tert-OH is 1. The van der Waals surface area contributed by atoms with Crippen molar-refractivity contribution in [3.63, 3.8) is 0 Å². The van der Waals surface area contributed by atoms with Crippen molar-refractivity contribution >= 4 is 27.4 Å². The normalized spacial score (nSPS) is 21.3. The molecule has 1 N–H and O–H groups in total. The lowest BCUT2D eigenvalue weighted by Gasteiger charge is -2.36. The fourth-order valence-electron chi connectivity index (χ4n) is 4.93. The van der Waals surface area contributed by atoms with Gasteiger partial charge in [0.15, 0.2) is 0 Å². The quantitative estimate of drug-likeness (QED) is 0.691. The Morgan fingerprint density at radius 1 is 1.03 bits per heavy atom. The molecule has 1 unspecified atom stereocenters. The van der Waals surface area contributed by atoms with Gasteiger partial charge in [0.25, 0.3) is 0 Å². The van der Waals surface area contributed by atoms with Crippen molar-refractivity contribution in [2.75, 3.05) is 37.7 Å². The van der Waals surface area contributed by atoms with Crippen LogP contribution in [0.2, 0.25) is 0 Å². The van der Waals surface area contributed by atoms with Gasteiger partial charge in [-0.05, 0) is 43.7 Å². The summed E-state index contributed by atoms with van der Waals surface area (Å²) in [7, 11) is 0. The van der Waals surface area contributed by atoms with Gasteiger partial charge in [-0.3, -0.25) is 4.90 Å². The summed E-state index contributed by atoms with van der Waals surface area (Å²) in [5, 5.41) is 13.0. The van der Waals surface area contributed by atoms with Gasteiger partial charge in [-0.25, -0.2) is 9.97 Å². The van der Waals surface area contributed by atoms with E-state index in [4.69, 9.17) is 4.98 Å². The second kappa shape index (κ2) is 8.38. The van der Waals surface area contributed by atoms with Gasteiger partial charge in [0.05, 0.1) is 12.0 Å². The number of piperidine rings is 1. The lowest BCUT2D eigenvalue weighted by molar-refractivity contribution is 0.135. The molecule has 0 saturated carbocycles. The Bertz CT molecular complexity index is 952. The van der Waals surface area contributed by atoms with Gasteiger partial charge < -0.3 is 10.0 Å². The molecule has 2 saturated heterocycles. The second-order valence-corrected chi connectivity index (χ2v) is 9.15. The summed E-state index contributed by atoms with van der Waals surface area (Å²) in [5.41, 5.74) is 2.47. The van der Waals surface area contributed by atoms with Crippen LogP contribution in [0.25, 0.3) is 21.3 Å². The number of likely N-dealkylation sites (tertiary alicyclic amines) is 1. The summed E-state index contributed by atoms with van der Waals surface area (Å²) in [4.78, 5) is 15.3. The lowest BCUT2D eigenvalue weighted by Crippen LogP contribution is -2.41. The van der Waals surface area contributed by atoms with E-state index < -0.39 is 0 Å². The molecule has 1 atom stereocenters. The highest BCUT2D eigenvalue weighted by Crippen LogP contribution is 2.38. The van der Waals surface area contributed by atoms with E-state index in [9.17, 15) is 5.11 Å². The van der Waals surface area contributed by atoms with Crippen LogP contribution in [0.3, 0.4) is 0 Å². The van der Waals surface area contributed by atoms with Crippen molar-refractivity contribution in [1.82, 2.24) is 14.9 Å². The van der Waals surface area contributed by atoms with Crippen molar-refractivity contribution in [3.8, 4) is 11.1 Å². The molecule has 3 aromatic rings. The summed E-state index contributed by atoms with van der Waals surface area (Å²) in [6.45, 7) is 4.66. The molecule has 0 spiro atoms. The van der Waals surface area contributed by atoms with Crippen LogP contribution in [0.5, 0.6) is 0 Å². The summed E-state index contributed by atoms with van der Waals surface area (Å²) in [6.07, 6.45) is 6.46. The van der Waals surface area contributed by atoms with Gasteiger partial charge in [-0.1, -0.05) is 30.3 Å². The largest absolute Gasteiger partial charge is 0.395 e. The van der Waals surface area contributed by atoms with Crippen molar-refractivity contribution in [2.45, 2.75) is 31.7 Å². The maximum atomic E-state index is 9.59. The van der Waals surface area contributed by atoms with Crippen molar-refractivity contribution in [2.24, 2.45) is 5.92 Å². The van der Waals surface area contributed by atoms with Crippen molar-refractivity contribution < 1.29 is 5.11 Å². The van der Waals surface area contributed by atoms with E-state index in [0.717, 1.165) is 43.2 Å². The third kappa shape index (κ3) is 3.77. The number of rotatable bonds is 5. The lowest BCUT2D eigenvalue weighted by atomic mass is 9.95. The molecule has 2 fully saturated rings. The molecule has 5 rings (SSSR count). The minimum absolute atomic E-state index is 0.304. The maximum absolute atomic E-state index is 9.59. The van der Waals surface area contributed by atoms with Crippen LogP contribution in [0.1, 0.15) is 25.7 Å². The van der Waals surface area contributed by atoms with Gasteiger partial charge in [-0.2, -0.15) is 0 Å². The topological polar surface area (TPSA) is 52.5 Å². The Kier molecular flexibility index (Phi) is 5.48. The first-order valence-electron chi connectivity index (χ1n) is 10.7. The molecule has 2 aromatic heterocycles. The zero-order valence-corrected chi connectivity index (χ0v) is 17.5. The number of aromatic nitrogens is 2. The third-order valence-electron chi connectivity index (χ3n) is 6.55. The number of anilines is 1. The molecular formula is C23H28N4OS. The van der Waals surface area contributed by atoms with Gasteiger partial charge >= 0.3 is 0 Å². The van der Waals surface area contributed by atoms with Crippen LogP contribution in [0.15, 0.2) is 42.0 Å². The smallest absolute Gasteiger partial charge is 0.141 e. The molecule has 0 amide bonds. The molecule has 4 heterocycles. The fraction of sp³-hybridized carbons (Fsp3) is 0.478. The molecule has 0 bridgehead atoms. The Morgan fingerprint density at radius 3 is 2.66 bits per heavy atom. The molecule has 2 aliphatic heterocycles. The zero-order chi connectivity index (χ0) is 19.6. The van der Waals surface area contributed by atoms with Gasteiger partial charge in [0, 0.05) is 36.6 Å². The fourth-order valence-corrected chi connectivity index (χ4v) is 5.84. The van der Waals surface area contributed by atoms with Crippen LogP contribution >= 0.6 is 11.3 Å². The number of benzene rings is 1. The average molecular weight is 409 g/mol. The predicted molar refractivity (Wildman–Crippen MR) is 119 cm³/mol.